The first-order valence-corrected chi connectivity index (χ1v) is 7.75. The molecule has 0 aliphatic heterocycles. The zero-order chi connectivity index (χ0) is 12.7. The van der Waals surface area contributed by atoms with Crippen molar-refractivity contribution in [2.24, 2.45) is 7.05 Å². The molecule has 0 spiro atoms. The van der Waals surface area contributed by atoms with E-state index in [1.165, 1.54) is 0 Å². The van der Waals surface area contributed by atoms with Gasteiger partial charge >= 0.3 is 0 Å². The second-order valence-electron chi connectivity index (χ2n) is 4.07. The van der Waals surface area contributed by atoms with Crippen molar-refractivity contribution in [3.05, 3.63) is 18.0 Å². The fourth-order valence-corrected chi connectivity index (χ4v) is 2.37. The van der Waals surface area contributed by atoms with E-state index in [0.717, 1.165) is 25.2 Å². The van der Waals surface area contributed by atoms with Crippen LogP contribution in [0.15, 0.2) is 12.3 Å². The molecule has 98 valence electrons. The van der Waals surface area contributed by atoms with Crippen molar-refractivity contribution in [1.82, 2.24) is 15.1 Å². The van der Waals surface area contributed by atoms with Crippen LogP contribution in [0.25, 0.3) is 0 Å². The van der Waals surface area contributed by atoms with Crippen molar-refractivity contribution in [3.63, 3.8) is 0 Å². The Morgan fingerprint density at radius 2 is 2.18 bits per heavy atom. The van der Waals surface area contributed by atoms with Crippen LogP contribution >= 0.6 is 0 Å². The van der Waals surface area contributed by atoms with Crippen LogP contribution in [-0.4, -0.2) is 42.8 Å². The lowest BCUT2D eigenvalue weighted by Crippen LogP contribution is -2.21. The largest absolute Gasteiger partial charge is 0.316 e. The molecule has 17 heavy (non-hydrogen) atoms. The molecule has 0 aliphatic rings. The molecule has 0 atom stereocenters. The Morgan fingerprint density at radius 1 is 1.41 bits per heavy atom. The summed E-state index contributed by atoms with van der Waals surface area (Å²) in [5.74, 6) is 0.515. The number of aromatic nitrogens is 2. The summed E-state index contributed by atoms with van der Waals surface area (Å²) in [7, 11) is -0.916. The standard InChI is InChI=1S/C11H21N3O2S/c1-3-17(15,16)10-4-7-12-8-5-11-6-9-14(2)13-11/h6,9,12H,3-5,7-8,10H2,1-2H3. The highest BCUT2D eigenvalue weighted by Crippen LogP contribution is 1.95. The Morgan fingerprint density at radius 3 is 2.76 bits per heavy atom. The van der Waals surface area contributed by atoms with Gasteiger partial charge in [-0.05, 0) is 19.0 Å². The predicted molar refractivity (Wildman–Crippen MR) is 68.7 cm³/mol. The lowest BCUT2D eigenvalue weighted by atomic mass is 10.3. The zero-order valence-electron chi connectivity index (χ0n) is 10.5. The van der Waals surface area contributed by atoms with Gasteiger partial charge in [0.2, 0.25) is 0 Å². The van der Waals surface area contributed by atoms with Gasteiger partial charge in [-0.1, -0.05) is 6.92 Å². The first-order valence-electron chi connectivity index (χ1n) is 5.93. The summed E-state index contributed by atoms with van der Waals surface area (Å²) in [6.07, 6.45) is 3.48. The van der Waals surface area contributed by atoms with Gasteiger partial charge in [0.25, 0.3) is 0 Å². The van der Waals surface area contributed by atoms with Crippen molar-refractivity contribution >= 4 is 9.84 Å². The van der Waals surface area contributed by atoms with Crippen molar-refractivity contribution in [2.75, 3.05) is 24.6 Å². The van der Waals surface area contributed by atoms with Crippen molar-refractivity contribution in [2.45, 2.75) is 19.8 Å². The van der Waals surface area contributed by atoms with Crippen LogP contribution in [0.5, 0.6) is 0 Å². The number of nitrogens with one attached hydrogen (secondary N) is 1. The van der Waals surface area contributed by atoms with Crippen molar-refractivity contribution in [3.8, 4) is 0 Å². The van der Waals surface area contributed by atoms with Gasteiger partial charge in [-0.3, -0.25) is 4.68 Å². The molecule has 0 bridgehead atoms. The van der Waals surface area contributed by atoms with Crippen LogP contribution in [0.4, 0.5) is 0 Å². The van der Waals surface area contributed by atoms with E-state index < -0.39 is 9.84 Å². The molecule has 0 amide bonds. The van der Waals surface area contributed by atoms with Crippen LogP contribution in [-0.2, 0) is 23.3 Å². The molecule has 0 aromatic carbocycles. The molecule has 6 heteroatoms. The predicted octanol–water partition coefficient (Wildman–Crippen LogP) is 0.377. The van der Waals surface area contributed by atoms with Crippen LogP contribution in [0.1, 0.15) is 19.0 Å². The fraction of sp³-hybridized carbons (Fsp3) is 0.727. The number of nitrogens with zero attached hydrogens (tertiary/aromatic N) is 2. The van der Waals surface area contributed by atoms with Crippen molar-refractivity contribution < 1.29 is 8.42 Å². The van der Waals surface area contributed by atoms with E-state index in [9.17, 15) is 8.42 Å². The third kappa shape index (κ3) is 5.83. The quantitative estimate of drug-likeness (QED) is 0.685. The first-order chi connectivity index (χ1) is 8.03. The number of rotatable bonds is 8. The first kappa shape index (κ1) is 14.2. The molecule has 0 saturated heterocycles. The summed E-state index contributed by atoms with van der Waals surface area (Å²) >= 11 is 0. The molecular weight excluding hydrogens is 238 g/mol. The SMILES string of the molecule is CCS(=O)(=O)CCCNCCc1ccn(C)n1. The van der Waals surface area contributed by atoms with E-state index in [-0.39, 0.29) is 11.5 Å². The minimum Gasteiger partial charge on any atom is -0.316 e. The van der Waals surface area contributed by atoms with Crippen LogP contribution in [0.2, 0.25) is 0 Å². The Balaban J connectivity index is 2.05. The van der Waals surface area contributed by atoms with E-state index >= 15 is 0 Å². The van der Waals surface area contributed by atoms with Crippen LogP contribution < -0.4 is 5.32 Å². The van der Waals surface area contributed by atoms with Gasteiger partial charge in [0.1, 0.15) is 9.84 Å². The highest BCUT2D eigenvalue weighted by atomic mass is 32.2. The molecule has 1 heterocycles. The highest BCUT2D eigenvalue weighted by molar-refractivity contribution is 7.91. The Bertz CT molecular complexity index is 426. The van der Waals surface area contributed by atoms with Gasteiger partial charge in [0.15, 0.2) is 0 Å². The number of hydrogen-bond acceptors (Lipinski definition) is 4. The van der Waals surface area contributed by atoms with Gasteiger partial charge in [-0.2, -0.15) is 5.10 Å². The monoisotopic (exact) mass is 259 g/mol. The second-order valence-corrected chi connectivity index (χ2v) is 6.54. The summed E-state index contributed by atoms with van der Waals surface area (Å²) in [5.41, 5.74) is 1.06. The molecular formula is C11H21N3O2S. The summed E-state index contributed by atoms with van der Waals surface area (Å²) in [4.78, 5) is 0. The van der Waals surface area contributed by atoms with E-state index in [0.29, 0.717) is 6.42 Å². The summed E-state index contributed by atoms with van der Waals surface area (Å²) in [6.45, 7) is 3.26. The molecule has 0 fully saturated rings. The van der Waals surface area contributed by atoms with Crippen LogP contribution in [0.3, 0.4) is 0 Å². The normalized spacial score (nSPS) is 11.9. The minimum atomic E-state index is -2.81. The summed E-state index contributed by atoms with van der Waals surface area (Å²) in [6, 6.07) is 1.99. The molecule has 1 aromatic rings. The molecule has 0 aliphatic carbocycles. The van der Waals surface area contributed by atoms with E-state index in [4.69, 9.17) is 0 Å². The third-order valence-electron chi connectivity index (χ3n) is 2.58. The molecule has 1 aromatic heterocycles. The smallest absolute Gasteiger partial charge is 0.150 e. The average Bonchev–Trinajstić information content (AvgIpc) is 2.69. The van der Waals surface area contributed by atoms with Crippen molar-refractivity contribution in [1.29, 1.82) is 0 Å². The maximum Gasteiger partial charge on any atom is 0.150 e. The van der Waals surface area contributed by atoms with Gasteiger partial charge in [0, 0.05) is 32.0 Å². The van der Waals surface area contributed by atoms with Gasteiger partial charge in [-0.25, -0.2) is 8.42 Å². The second kappa shape index (κ2) is 6.76. The lowest BCUT2D eigenvalue weighted by Gasteiger charge is -2.03. The van der Waals surface area contributed by atoms with Gasteiger partial charge in [0.05, 0.1) is 11.4 Å². The van der Waals surface area contributed by atoms with Gasteiger partial charge < -0.3 is 5.32 Å². The minimum absolute atomic E-state index is 0.237. The molecule has 1 rings (SSSR count). The summed E-state index contributed by atoms with van der Waals surface area (Å²) < 4.78 is 24.2. The average molecular weight is 259 g/mol. The molecule has 5 nitrogen and oxygen atoms in total. The Hall–Kier alpha value is -0.880. The fourth-order valence-electron chi connectivity index (χ4n) is 1.50. The maximum atomic E-state index is 11.2. The maximum absolute atomic E-state index is 11.2. The summed E-state index contributed by atoms with van der Waals surface area (Å²) in [5, 5.41) is 7.49. The van der Waals surface area contributed by atoms with Crippen LogP contribution in [0, 0.1) is 0 Å². The molecule has 0 saturated carbocycles. The van der Waals surface area contributed by atoms with E-state index in [2.05, 4.69) is 10.4 Å². The van der Waals surface area contributed by atoms with Gasteiger partial charge in [-0.15, -0.1) is 0 Å². The topological polar surface area (TPSA) is 64.0 Å². The Labute approximate surface area is 103 Å². The highest BCUT2D eigenvalue weighted by Gasteiger charge is 2.05. The lowest BCUT2D eigenvalue weighted by molar-refractivity contribution is 0.589. The number of sulfone groups is 1. The third-order valence-corrected chi connectivity index (χ3v) is 4.37. The molecule has 0 unspecified atom stereocenters. The number of aryl methyl sites for hydroxylation is 1. The van der Waals surface area contributed by atoms with E-state index in [1.807, 2.05) is 19.3 Å². The Kier molecular flexibility index (Phi) is 5.64. The number of hydrogen-bond donors (Lipinski definition) is 1. The van der Waals surface area contributed by atoms with E-state index in [1.54, 1.807) is 11.6 Å². The molecule has 1 N–H and O–H groups in total. The molecule has 0 radical (unpaired) electrons. The zero-order valence-corrected chi connectivity index (χ0v) is 11.3.